The number of carboxylic acids is 1. The minimum absolute atomic E-state index is 0.0668. The summed E-state index contributed by atoms with van der Waals surface area (Å²) in [7, 11) is 0. The molecule has 0 spiro atoms. The second-order valence-electron chi connectivity index (χ2n) is 4.17. The van der Waals surface area contributed by atoms with Crippen molar-refractivity contribution in [2.24, 2.45) is 11.8 Å². The van der Waals surface area contributed by atoms with Crippen molar-refractivity contribution in [2.45, 2.75) is 25.7 Å². The third-order valence-electron chi connectivity index (χ3n) is 3.09. The first-order valence-electron chi connectivity index (χ1n) is 5.22. The lowest BCUT2D eigenvalue weighted by molar-refractivity contribution is -0.142. The first-order valence-corrected chi connectivity index (χ1v) is 5.22. The largest absolute Gasteiger partial charge is 0.481 e. The molecule has 1 heterocycles. The Balaban J connectivity index is 1.87. The molecule has 0 aromatic carbocycles. The van der Waals surface area contributed by atoms with Crippen molar-refractivity contribution in [3.8, 4) is 0 Å². The molecule has 0 bridgehead atoms. The minimum Gasteiger partial charge on any atom is -0.481 e. The zero-order valence-corrected chi connectivity index (χ0v) is 8.11. The molecule has 1 aliphatic carbocycles. The Hall–Kier alpha value is -1.06. The Kier molecular flexibility index (Phi) is 2.44. The van der Waals surface area contributed by atoms with Gasteiger partial charge >= 0.3 is 5.97 Å². The first kappa shape index (κ1) is 9.49. The molecule has 4 heteroatoms. The molecular formula is C10H15NO3. The van der Waals surface area contributed by atoms with Gasteiger partial charge in [-0.25, -0.2) is 0 Å². The third kappa shape index (κ3) is 1.74. The monoisotopic (exact) mass is 197 g/mol. The zero-order valence-electron chi connectivity index (χ0n) is 8.11. The quantitative estimate of drug-likeness (QED) is 0.709. The van der Waals surface area contributed by atoms with Crippen LogP contribution < -0.4 is 0 Å². The van der Waals surface area contributed by atoms with Gasteiger partial charge < -0.3 is 10.0 Å². The summed E-state index contributed by atoms with van der Waals surface area (Å²) < 4.78 is 0. The second-order valence-corrected chi connectivity index (χ2v) is 4.17. The number of carbonyl (C=O) groups excluding carboxylic acids is 1. The number of hydrogen-bond acceptors (Lipinski definition) is 2. The fraction of sp³-hybridized carbons (Fsp3) is 0.800. The van der Waals surface area contributed by atoms with E-state index in [9.17, 15) is 9.59 Å². The van der Waals surface area contributed by atoms with Crippen LogP contribution in [0.3, 0.4) is 0 Å². The maximum absolute atomic E-state index is 11.7. The van der Waals surface area contributed by atoms with Gasteiger partial charge in [0.15, 0.2) is 0 Å². The van der Waals surface area contributed by atoms with Gasteiger partial charge in [0.05, 0.1) is 11.8 Å². The van der Waals surface area contributed by atoms with E-state index < -0.39 is 11.9 Å². The van der Waals surface area contributed by atoms with Gasteiger partial charge in [-0.1, -0.05) is 0 Å². The first-order chi connectivity index (χ1) is 6.70. The van der Waals surface area contributed by atoms with Gasteiger partial charge in [0, 0.05) is 13.1 Å². The number of piperidine rings is 1. The van der Waals surface area contributed by atoms with Crippen molar-refractivity contribution in [1.29, 1.82) is 0 Å². The van der Waals surface area contributed by atoms with Crippen LogP contribution in [0.25, 0.3) is 0 Å². The van der Waals surface area contributed by atoms with E-state index in [1.165, 1.54) is 6.42 Å². The summed E-state index contributed by atoms with van der Waals surface area (Å²) in [5.41, 5.74) is 0. The van der Waals surface area contributed by atoms with E-state index in [1.807, 2.05) is 4.90 Å². The summed E-state index contributed by atoms with van der Waals surface area (Å²) in [6.45, 7) is 1.64. The predicted molar refractivity (Wildman–Crippen MR) is 49.7 cm³/mol. The predicted octanol–water partition coefficient (Wildman–Crippen LogP) is 0.720. The lowest BCUT2D eigenvalue weighted by Gasteiger charge is -2.26. The van der Waals surface area contributed by atoms with E-state index in [2.05, 4.69) is 0 Å². The molecule has 1 saturated heterocycles. The molecule has 2 rings (SSSR count). The lowest BCUT2D eigenvalue weighted by Crippen LogP contribution is -2.37. The molecule has 1 amide bonds. The van der Waals surface area contributed by atoms with Gasteiger partial charge in [0.2, 0.25) is 5.91 Å². The Morgan fingerprint density at radius 2 is 1.71 bits per heavy atom. The topological polar surface area (TPSA) is 57.6 Å². The molecule has 2 fully saturated rings. The number of nitrogens with zero attached hydrogens (tertiary/aromatic N) is 1. The van der Waals surface area contributed by atoms with Gasteiger partial charge in [-0.2, -0.15) is 0 Å². The highest BCUT2D eigenvalue weighted by molar-refractivity contribution is 5.89. The van der Waals surface area contributed by atoms with E-state index in [1.54, 1.807) is 0 Å². The molecule has 78 valence electrons. The zero-order chi connectivity index (χ0) is 10.1. The van der Waals surface area contributed by atoms with E-state index in [4.69, 9.17) is 5.11 Å². The Labute approximate surface area is 82.9 Å². The highest BCUT2D eigenvalue weighted by atomic mass is 16.4. The van der Waals surface area contributed by atoms with Crippen LogP contribution in [-0.4, -0.2) is 35.0 Å². The maximum Gasteiger partial charge on any atom is 0.307 e. The molecule has 14 heavy (non-hydrogen) atoms. The summed E-state index contributed by atoms with van der Waals surface area (Å²) >= 11 is 0. The van der Waals surface area contributed by atoms with Crippen molar-refractivity contribution < 1.29 is 14.7 Å². The summed E-state index contributed by atoms with van der Waals surface area (Å²) in [6, 6.07) is 0. The van der Waals surface area contributed by atoms with Gasteiger partial charge in [-0.05, 0) is 25.7 Å². The van der Waals surface area contributed by atoms with E-state index >= 15 is 0 Å². The normalized spacial score (nSPS) is 31.3. The molecule has 0 aromatic rings. The third-order valence-corrected chi connectivity index (χ3v) is 3.09. The molecule has 0 radical (unpaired) electrons. The number of hydrogen-bond donors (Lipinski definition) is 1. The van der Waals surface area contributed by atoms with Crippen molar-refractivity contribution >= 4 is 11.9 Å². The molecule has 1 N–H and O–H groups in total. The molecule has 0 unspecified atom stereocenters. The van der Waals surface area contributed by atoms with E-state index in [0.29, 0.717) is 6.42 Å². The SMILES string of the molecule is O=C(O)[C@H]1C[C@@H]1C(=O)N1CCCCC1. The molecule has 2 atom stereocenters. The standard InChI is InChI=1S/C10H15NO3/c12-9(7-6-8(7)10(13)14)11-4-2-1-3-5-11/h7-8H,1-6H2,(H,13,14)/t7-,8-/m0/s1. The highest BCUT2D eigenvalue weighted by Gasteiger charge is 2.49. The summed E-state index contributed by atoms with van der Waals surface area (Å²) in [5.74, 6) is -1.37. The number of carbonyl (C=O) groups is 2. The average molecular weight is 197 g/mol. The molecular weight excluding hydrogens is 182 g/mol. The summed E-state index contributed by atoms with van der Waals surface area (Å²) in [5, 5.41) is 8.70. The molecule has 4 nitrogen and oxygen atoms in total. The molecule has 0 aromatic heterocycles. The highest BCUT2D eigenvalue weighted by Crippen LogP contribution is 2.40. The summed E-state index contributed by atoms with van der Waals surface area (Å²) in [6.07, 6.45) is 3.87. The smallest absolute Gasteiger partial charge is 0.307 e. The van der Waals surface area contributed by atoms with E-state index in [-0.39, 0.29) is 11.8 Å². The van der Waals surface area contributed by atoms with Gasteiger partial charge in [0.1, 0.15) is 0 Å². The van der Waals surface area contributed by atoms with Crippen LogP contribution >= 0.6 is 0 Å². The molecule has 1 saturated carbocycles. The van der Waals surface area contributed by atoms with Crippen molar-refractivity contribution in [2.75, 3.05) is 13.1 Å². The Morgan fingerprint density at radius 1 is 1.07 bits per heavy atom. The fourth-order valence-electron chi connectivity index (χ4n) is 2.09. The van der Waals surface area contributed by atoms with E-state index in [0.717, 1.165) is 25.9 Å². The number of aliphatic carboxylic acids is 1. The van der Waals surface area contributed by atoms with Gasteiger partial charge in [-0.3, -0.25) is 9.59 Å². The number of likely N-dealkylation sites (tertiary alicyclic amines) is 1. The number of rotatable bonds is 2. The molecule has 2 aliphatic rings. The number of carboxylic acid groups (broad SMARTS) is 1. The van der Waals surface area contributed by atoms with Crippen molar-refractivity contribution in [1.82, 2.24) is 4.90 Å². The minimum atomic E-state index is -0.819. The van der Waals surface area contributed by atoms with Crippen LogP contribution in [-0.2, 0) is 9.59 Å². The summed E-state index contributed by atoms with van der Waals surface area (Å²) in [4.78, 5) is 24.2. The fourth-order valence-corrected chi connectivity index (χ4v) is 2.09. The number of amides is 1. The average Bonchev–Trinajstić information content (AvgIpc) is 2.97. The van der Waals surface area contributed by atoms with Crippen LogP contribution in [0, 0.1) is 11.8 Å². The van der Waals surface area contributed by atoms with Crippen LogP contribution in [0.4, 0.5) is 0 Å². The lowest BCUT2D eigenvalue weighted by atomic mass is 10.1. The second kappa shape index (κ2) is 3.59. The van der Waals surface area contributed by atoms with Crippen molar-refractivity contribution in [3.63, 3.8) is 0 Å². The van der Waals surface area contributed by atoms with Crippen LogP contribution in [0.15, 0.2) is 0 Å². The molecule has 1 aliphatic heterocycles. The Bertz CT molecular complexity index is 258. The van der Waals surface area contributed by atoms with Gasteiger partial charge in [0.25, 0.3) is 0 Å². The van der Waals surface area contributed by atoms with Crippen LogP contribution in [0.5, 0.6) is 0 Å². The van der Waals surface area contributed by atoms with Crippen LogP contribution in [0.2, 0.25) is 0 Å². The maximum atomic E-state index is 11.7. The van der Waals surface area contributed by atoms with Gasteiger partial charge in [-0.15, -0.1) is 0 Å². The Morgan fingerprint density at radius 3 is 2.21 bits per heavy atom. The van der Waals surface area contributed by atoms with Crippen LogP contribution in [0.1, 0.15) is 25.7 Å². The van der Waals surface area contributed by atoms with Crippen molar-refractivity contribution in [3.05, 3.63) is 0 Å².